The van der Waals surface area contributed by atoms with E-state index in [9.17, 15) is 9.90 Å². The summed E-state index contributed by atoms with van der Waals surface area (Å²) in [5, 5.41) is 10.4. The van der Waals surface area contributed by atoms with Crippen molar-refractivity contribution in [2.45, 2.75) is 33.8 Å². The van der Waals surface area contributed by atoms with Crippen LogP contribution >= 0.6 is 0 Å². The second-order valence-electron chi connectivity index (χ2n) is 8.03. The number of aryl methyl sites for hydroxylation is 2. The molecule has 0 amide bonds. The Morgan fingerprint density at radius 2 is 1.83 bits per heavy atom. The number of piperazine rings is 1. The van der Waals surface area contributed by atoms with E-state index in [1.165, 1.54) is 23.7 Å². The molecule has 1 aliphatic heterocycles. The second kappa shape index (κ2) is 9.42. The molecule has 5 nitrogen and oxygen atoms in total. The van der Waals surface area contributed by atoms with E-state index in [4.69, 9.17) is 4.74 Å². The first-order chi connectivity index (χ1) is 13.8. The molecule has 0 spiro atoms. The number of Topliss-reactive ketones (excluding diaryl/α,β-unsaturated/α-hetero) is 1. The molecule has 1 heterocycles. The lowest BCUT2D eigenvalue weighted by molar-refractivity contribution is 0.0656. The summed E-state index contributed by atoms with van der Waals surface area (Å²) < 4.78 is 5.77. The highest BCUT2D eigenvalue weighted by molar-refractivity contribution is 5.97. The molecule has 3 rings (SSSR count). The van der Waals surface area contributed by atoms with Gasteiger partial charge in [-0.2, -0.15) is 0 Å². The van der Waals surface area contributed by atoms with Crippen LogP contribution in [0.2, 0.25) is 0 Å². The minimum absolute atomic E-state index is 0.0271. The van der Waals surface area contributed by atoms with Gasteiger partial charge < -0.3 is 14.7 Å². The fourth-order valence-electron chi connectivity index (χ4n) is 3.83. The van der Waals surface area contributed by atoms with Crippen molar-refractivity contribution < 1.29 is 14.6 Å². The van der Waals surface area contributed by atoms with Gasteiger partial charge in [0.2, 0.25) is 0 Å². The maximum absolute atomic E-state index is 11.8. The van der Waals surface area contributed by atoms with Gasteiger partial charge in [-0.25, -0.2) is 0 Å². The molecule has 2 aromatic carbocycles. The van der Waals surface area contributed by atoms with Gasteiger partial charge in [0.15, 0.2) is 5.78 Å². The van der Waals surface area contributed by atoms with Crippen molar-refractivity contribution >= 4 is 11.5 Å². The van der Waals surface area contributed by atoms with Crippen molar-refractivity contribution in [1.82, 2.24) is 4.90 Å². The van der Waals surface area contributed by atoms with E-state index < -0.39 is 6.10 Å². The number of hydrogen-bond acceptors (Lipinski definition) is 5. The quantitative estimate of drug-likeness (QED) is 0.727. The predicted molar refractivity (Wildman–Crippen MR) is 117 cm³/mol. The number of aliphatic hydroxyl groups is 1. The fourth-order valence-corrected chi connectivity index (χ4v) is 3.83. The third-order valence-corrected chi connectivity index (χ3v) is 5.70. The zero-order valence-corrected chi connectivity index (χ0v) is 17.9. The molecule has 1 atom stereocenters. The maximum Gasteiger partial charge on any atom is 0.163 e. The second-order valence-corrected chi connectivity index (χ2v) is 8.03. The molecule has 1 fully saturated rings. The standard InChI is InChI=1S/C24H32N2O3/c1-17-8-9-24(22(14-17)20(4)27)29-16-21(28)15-25-10-12-26(13-11-25)23-7-5-6-18(2)19(23)3/h5-9,14,21,28H,10-13,15-16H2,1-4H3/t21-/m1/s1. The molecule has 0 unspecified atom stereocenters. The Morgan fingerprint density at radius 3 is 2.52 bits per heavy atom. The van der Waals surface area contributed by atoms with E-state index in [1.807, 2.05) is 25.1 Å². The Hall–Kier alpha value is -2.37. The SMILES string of the molecule is CC(=O)c1cc(C)ccc1OC[C@H](O)CN1CCN(c2cccc(C)c2C)CC1. The summed E-state index contributed by atoms with van der Waals surface area (Å²) in [5.74, 6) is 0.516. The predicted octanol–water partition coefficient (Wildman–Crippen LogP) is 3.38. The Labute approximate surface area is 173 Å². The van der Waals surface area contributed by atoms with Gasteiger partial charge in [-0.3, -0.25) is 9.69 Å². The van der Waals surface area contributed by atoms with Gasteiger partial charge in [0, 0.05) is 38.4 Å². The van der Waals surface area contributed by atoms with Gasteiger partial charge >= 0.3 is 0 Å². The van der Waals surface area contributed by atoms with Crippen molar-refractivity contribution in [3.8, 4) is 5.75 Å². The Kier molecular flexibility index (Phi) is 6.93. The number of hydrogen-bond donors (Lipinski definition) is 1. The van der Waals surface area contributed by atoms with Gasteiger partial charge in [0.05, 0.1) is 5.56 Å². The zero-order valence-electron chi connectivity index (χ0n) is 17.9. The summed E-state index contributed by atoms with van der Waals surface area (Å²) in [4.78, 5) is 16.5. The molecule has 1 aliphatic rings. The van der Waals surface area contributed by atoms with Crippen molar-refractivity contribution in [2.24, 2.45) is 0 Å². The topological polar surface area (TPSA) is 53.0 Å². The first-order valence-electron chi connectivity index (χ1n) is 10.3. The van der Waals surface area contributed by atoms with E-state index >= 15 is 0 Å². The van der Waals surface area contributed by atoms with Crippen molar-refractivity contribution in [2.75, 3.05) is 44.2 Å². The average Bonchev–Trinajstić information content (AvgIpc) is 2.70. The molecule has 29 heavy (non-hydrogen) atoms. The molecule has 0 aromatic heterocycles. The van der Waals surface area contributed by atoms with Crippen LogP contribution in [-0.4, -0.2) is 61.2 Å². The molecule has 1 N–H and O–H groups in total. The molecule has 156 valence electrons. The van der Waals surface area contributed by atoms with Gasteiger partial charge in [-0.15, -0.1) is 0 Å². The largest absolute Gasteiger partial charge is 0.490 e. The lowest BCUT2D eigenvalue weighted by atomic mass is 10.1. The van der Waals surface area contributed by atoms with E-state index in [0.29, 0.717) is 17.9 Å². The van der Waals surface area contributed by atoms with Crippen LogP contribution in [-0.2, 0) is 0 Å². The average molecular weight is 397 g/mol. The van der Waals surface area contributed by atoms with Crippen LogP contribution in [0.5, 0.6) is 5.75 Å². The normalized spacial score (nSPS) is 16.0. The number of carbonyl (C=O) groups excluding carboxylic acids is 1. The van der Waals surface area contributed by atoms with E-state index in [-0.39, 0.29) is 12.4 Å². The Bertz CT molecular complexity index is 857. The number of rotatable bonds is 7. The van der Waals surface area contributed by atoms with Crippen LogP contribution in [0, 0.1) is 20.8 Å². The van der Waals surface area contributed by atoms with Gasteiger partial charge in [-0.1, -0.05) is 23.8 Å². The van der Waals surface area contributed by atoms with Crippen LogP contribution in [0.1, 0.15) is 34.0 Å². The minimum atomic E-state index is -0.594. The lowest BCUT2D eigenvalue weighted by Crippen LogP contribution is -2.49. The number of benzene rings is 2. The highest BCUT2D eigenvalue weighted by Crippen LogP contribution is 2.24. The first-order valence-corrected chi connectivity index (χ1v) is 10.3. The van der Waals surface area contributed by atoms with Crippen LogP contribution in [0.4, 0.5) is 5.69 Å². The highest BCUT2D eigenvalue weighted by atomic mass is 16.5. The molecule has 0 saturated carbocycles. The number of β-amino-alcohol motifs (C(OH)–C–C–N with tert-alkyl or cyclic N) is 1. The van der Waals surface area contributed by atoms with Gasteiger partial charge in [0.1, 0.15) is 18.5 Å². The van der Waals surface area contributed by atoms with E-state index in [2.05, 4.69) is 41.8 Å². The lowest BCUT2D eigenvalue weighted by Gasteiger charge is -2.37. The third kappa shape index (κ3) is 5.37. The monoisotopic (exact) mass is 396 g/mol. The zero-order chi connectivity index (χ0) is 21.0. The number of aliphatic hydroxyl groups excluding tert-OH is 1. The number of carbonyl (C=O) groups is 1. The van der Waals surface area contributed by atoms with Crippen LogP contribution in [0.15, 0.2) is 36.4 Å². The smallest absolute Gasteiger partial charge is 0.163 e. The number of ether oxygens (including phenoxy) is 1. The van der Waals surface area contributed by atoms with Crippen LogP contribution in [0.3, 0.4) is 0 Å². The van der Waals surface area contributed by atoms with Crippen molar-refractivity contribution in [3.05, 3.63) is 58.7 Å². The molecule has 5 heteroatoms. The highest BCUT2D eigenvalue weighted by Gasteiger charge is 2.21. The van der Waals surface area contributed by atoms with Crippen molar-refractivity contribution in [3.63, 3.8) is 0 Å². The fraction of sp³-hybridized carbons (Fsp3) is 0.458. The van der Waals surface area contributed by atoms with Crippen molar-refractivity contribution in [1.29, 1.82) is 0 Å². The molecular weight excluding hydrogens is 364 g/mol. The first kappa shape index (κ1) is 21.3. The number of anilines is 1. The number of ketones is 1. The molecule has 0 radical (unpaired) electrons. The summed E-state index contributed by atoms with van der Waals surface area (Å²) >= 11 is 0. The summed E-state index contributed by atoms with van der Waals surface area (Å²) in [6.07, 6.45) is -0.594. The molecular formula is C24H32N2O3. The Morgan fingerprint density at radius 1 is 1.10 bits per heavy atom. The maximum atomic E-state index is 11.8. The summed E-state index contributed by atoms with van der Waals surface area (Å²) in [6.45, 7) is 12.3. The molecule has 2 aromatic rings. The minimum Gasteiger partial charge on any atom is -0.490 e. The van der Waals surface area contributed by atoms with Crippen LogP contribution in [0.25, 0.3) is 0 Å². The third-order valence-electron chi connectivity index (χ3n) is 5.70. The van der Waals surface area contributed by atoms with Crippen LogP contribution < -0.4 is 9.64 Å². The summed E-state index contributed by atoms with van der Waals surface area (Å²) in [5.41, 5.74) is 5.56. The molecule has 0 bridgehead atoms. The summed E-state index contributed by atoms with van der Waals surface area (Å²) in [6, 6.07) is 12.0. The number of nitrogens with zero attached hydrogens (tertiary/aromatic N) is 2. The van der Waals surface area contributed by atoms with E-state index in [0.717, 1.165) is 31.7 Å². The van der Waals surface area contributed by atoms with Gasteiger partial charge in [0.25, 0.3) is 0 Å². The molecule has 0 aliphatic carbocycles. The van der Waals surface area contributed by atoms with Gasteiger partial charge in [-0.05, 0) is 57.0 Å². The Balaban J connectivity index is 1.50. The summed E-state index contributed by atoms with van der Waals surface area (Å²) in [7, 11) is 0. The van der Waals surface area contributed by atoms with E-state index in [1.54, 1.807) is 0 Å². The molecule has 1 saturated heterocycles.